The van der Waals surface area contributed by atoms with Crippen LogP contribution in [0.1, 0.15) is 31.6 Å². The third kappa shape index (κ3) is 6.18. The van der Waals surface area contributed by atoms with Crippen molar-refractivity contribution >= 4 is 29.2 Å². The number of esters is 1. The zero-order chi connectivity index (χ0) is 29.4. The van der Waals surface area contributed by atoms with Gasteiger partial charge in [0, 0.05) is 17.5 Å². The lowest BCUT2D eigenvalue weighted by Gasteiger charge is -2.15. The first-order valence-corrected chi connectivity index (χ1v) is 12.3. The molecule has 0 fully saturated rings. The number of aliphatic hydroxyl groups is 1. The van der Waals surface area contributed by atoms with Gasteiger partial charge in [-0.15, -0.1) is 10.2 Å². The molecule has 0 saturated heterocycles. The van der Waals surface area contributed by atoms with Crippen LogP contribution in [-0.4, -0.2) is 52.5 Å². The van der Waals surface area contributed by atoms with Crippen molar-refractivity contribution in [3.8, 4) is 17.1 Å². The lowest BCUT2D eigenvalue weighted by atomic mass is 10.2. The number of para-hydroxylation sites is 1. The zero-order valence-corrected chi connectivity index (χ0v) is 22.2. The van der Waals surface area contributed by atoms with Gasteiger partial charge in [-0.3, -0.25) is 9.36 Å². The normalized spacial score (nSPS) is 13.3. The van der Waals surface area contributed by atoms with E-state index in [1.807, 2.05) is 0 Å². The number of hydrogen-bond acceptors (Lipinski definition) is 7. The minimum Gasteiger partial charge on any atom is -0.455 e. The first-order valence-electron chi connectivity index (χ1n) is 11.5. The van der Waals surface area contributed by atoms with Crippen molar-refractivity contribution in [2.75, 3.05) is 0 Å². The number of benzene rings is 2. The van der Waals surface area contributed by atoms with Crippen LogP contribution in [0.15, 0.2) is 47.3 Å². The van der Waals surface area contributed by atoms with Crippen molar-refractivity contribution in [1.82, 2.24) is 29.1 Å². The highest BCUT2D eigenvalue weighted by molar-refractivity contribution is 6.32. The third-order valence-electron chi connectivity index (χ3n) is 5.58. The molecule has 0 radical (unpaired) electrons. The Morgan fingerprint density at radius 2 is 1.80 bits per heavy atom. The highest BCUT2D eigenvalue weighted by atomic mass is 35.5. The second-order valence-corrected chi connectivity index (χ2v) is 9.40. The second kappa shape index (κ2) is 11.4. The van der Waals surface area contributed by atoms with Crippen LogP contribution in [-0.2, 0) is 22.6 Å². The molecule has 2 aromatic heterocycles. The summed E-state index contributed by atoms with van der Waals surface area (Å²) in [5.74, 6) is -1.79. The zero-order valence-electron chi connectivity index (χ0n) is 20.7. The van der Waals surface area contributed by atoms with E-state index in [9.17, 15) is 32.3 Å². The number of hydrogen-bond donors (Lipinski definition) is 1. The molecule has 0 aliphatic carbocycles. The Morgan fingerprint density at radius 1 is 1.12 bits per heavy atom. The number of carbonyl (C=O) groups excluding carboxylic acids is 1. The number of halogens is 6. The Balaban J connectivity index is 1.82. The molecular formula is C24H20Cl2F4N6O4. The van der Waals surface area contributed by atoms with Crippen molar-refractivity contribution in [1.29, 1.82) is 0 Å². The van der Waals surface area contributed by atoms with Crippen LogP contribution in [0.3, 0.4) is 0 Å². The average Bonchev–Trinajstić information content (AvgIpc) is 3.40. The number of rotatable bonds is 8. The molecular weight excluding hydrogens is 583 g/mol. The van der Waals surface area contributed by atoms with E-state index in [-0.39, 0.29) is 33.7 Å². The van der Waals surface area contributed by atoms with Gasteiger partial charge in [0.25, 0.3) is 0 Å². The molecule has 4 aromatic rings. The summed E-state index contributed by atoms with van der Waals surface area (Å²) in [5.41, 5.74) is -0.969. The summed E-state index contributed by atoms with van der Waals surface area (Å²) < 4.78 is 61.8. The molecule has 0 bridgehead atoms. The monoisotopic (exact) mass is 602 g/mol. The fraction of sp³-hybridized carbons (Fsp3) is 0.292. The molecule has 0 aliphatic heterocycles. The Hall–Kier alpha value is -3.75. The molecule has 0 spiro atoms. The summed E-state index contributed by atoms with van der Waals surface area (Å²) >= 11 is 12.1. The molecule has 2 heterocycles. The molecule has 2 unspecified atom stereocenters. The first kappa shape index (κ1) is 29.2. The maximum absolute atomic E-state index is 14.8. The van der Waals surface area contributed by atoms with Crippen LogP contribution in [0.25, 0.3) is 17.1 Å². The van der Waals surface area contributed by atoms with E-state index >= 15 is 0 Å². The average molecular weight is 603 g/mol. The quantitative estimate of drug-likeness (QED) is 0.235. The van der Waals surface area contributed by atoms with Gasteiger partial charge in [-0.2, -0.15) is 13.2 Å². The van der Waals surface area contributed by atoms with Crippen molar-refractivity contribution in [3.63, 3.8) is 0 Å². The summed E-state index contributed by atoms with van der Waals surface area (Å²) in [5, 5.41) is 18.3. The van der Waals surface area contributed by atoms with E-state index in [1.165, 1.54) is 43.3 Å². The van der Waals surface area contributed by atoms with Crippen LogP contribution in [0.4, 0.5) is 17.6 Å². The summed E-state index contributed by atoms with van der Waals surface area (Å²) in [6.07, 6.45) is -8.89. The summed E-state index contributed by atoms with van der Waals surface area (Å²) in [6, 6.07) is 9.68. The molecule has 0 amide bonds. The van der Waals surface area contributed by atoms with E-state index in [0.717, 1.165) is 22.4 Å². The van der Waals surface area contributed by atoms with Gasteiger partial charge in [0.05, 0.1) is 11.6 Å². The minimum absolute atomic E-state index is 0.0414. The first-order chi connectivity index (χ1) is 18.8. The predicted octanol–water partition coefficient (Wildman–Crippen LogP) is 4.33. The molecule has 1 N–H and O–H groups in total. The number of nitrogens with zero attached hydrogens (tertiary/aromatic N) is 6. The molecule has 0 saturated carbocycles. The van der Waals surface area contributed by atoms with E-state index in [1.54, 1.807) is 0 Å². The summed E-state index contributed by atoms with van der Waals surface area (Å²) in [4.78, 5) is 29.0. The Kier molecular flexibility index (Phi) is 8.33. The molecule has 16 heteroatoms. The van der Waals surface area contributed by atoms with Crippen LogP contribution in [0, 0.1) is 5.82 Å². The van der Waals surface area contributed by atoms with Crippen molar-refractivity contribution in [2.24, 2.45) is 0 Å². The van der Waals surface area contributed by atoms with Crippen LogP contribution in [0.2, 0.25) is 10.0 Å². The number of aromatic nitrogens is 6. The van der Waals surface area contributed by atoms with Gasteiger partial charge >= 0.3 is 17.8 Å². The maximum Gasteiger partial charge on any atom is 0.416 e. The third-order valence-corrected chi connectivity index (χ3v) is 6.14. The van der Waals surface area contributed by atoms with E-state index < -0.39 is 49.0 Å². The molecule has 40 heavy (non-hydrogen) atoms. The fourth-order valence-electron chi connectivity index (χ4n) is 3.79. The number of alkyl halides is 3. The highest BCUT2D eigenvalue weighted by Crippen LogP contribution is 2.28. The van der Waals surface area contributed by atoms with E-state index in [4.69, 9.17) is 27.9 Å². The number of carbonyl (C=O) groups is 1. The summed E-state index contributed by atoms with van der Waals surface area (Å²) in [7, 11) is 0. The topological polar surface area (TPSA) is 117 Å². The molecule has 10 nitrogen and oxygen atoms in total. The molecule has 4 rings (SSSR count). The molecule has 2 aromatic carbocycles. The Labute approximate surface area is 233 Å². The Morgan fingerprint density at radius 3 is 2.40 bits per heavy atom. The van der Waals surface area contributed by atoms with Crippen LogP contribution < -0.4 is 5.69 Å². The van der Waals surface area contributed by atoms with Gasteiger partial charge < -0.3 is 9.84 Å². The maximum atomic E-state index is 14.8. The minimum atomic E-state index is -5.00. The molecule has 2 atom stereocenters. The van der Waals surface area contributed by atoms with E-state index in [2.05, 4.69) is 15.2 Å². The van der Waals surface area contributed by atoms with Crippen LogP contribution in [0.5, 0.6) is 0 Å². The highest BCUT2D eigenvalue weighted by Gasteiger charge is 2.39. The SMILES string of the molecule is CC(=O)OC(C)c1nc(Cn2nc(-c3ccc(Cl)cc3)n(CC(O)C(F)(F)F)c2=O)nn1-c1c(F)cccc1Cl. The summed E-state index contributed by atoms with van der Waals surface area (Å²) in [6.45, 7) is 1.00. The second-order valence-electron chi connectivity index (χ2n) is 8.56. The number of aliphatic hydroxyl groups excluding tert-OH is 1. The van der Waals surface area contributed by atoms with Gasteiger partial charge in [-0.05, 0) is 43.3 Å². The van der Waals surface area contributed by atoms with Gasteiger partial charge in [0.1, 0.15) is 18.0 Å². The fourth-order valence-corrected chi connectivity index (χ4v) is 4.16. The lowest BCUT2D eigenvalue weighted by Crippen LogP contribution is -2.37. The van der Waals surface area contributed by atoms with Gasteiger partial charge in [-0.25, -0.2) is 23.5 Å². The Bertz CT molecular complexity index is 1580. The van der Waals surface area contributed by atoms with Crippen molar-refractivity contribution < 1.29 is 32.2 Å². The van der Waals surface area contributed by atoms with Crippen molar-refractivity contribution in [3.05, 3.63) is 80.5 Å². The predicted molar refractivity (Wildman–Crippen MR) is 135 cm³/mol. The van der Waals surface area contributed by atoms with Gasteiger partial charge in [0.2, 0.25) is 0 Å². The van der Waals surface area contributed by atoms with Crippen LogP contribution >= 0.6 is 23.2 Å². The largest absolute Gasteiger partial charge is 0.455 e. The van der Waals surface area contributed by atoms with Gasteiger partial charge in [0.15, 0.2) is 29.7 Å². The van der Waals surface area contributed by atoms with Crippen molar-refractivity contribution in [2.45, 2.75) is 45.3 Å². The number of ether oxygens (including phenoxy) is 1. The lowest BCUT2D eigenvalue weighted by molar-refractivity contribution is -0.207. The van der Waals surface area contributed by atoms with Gasteiger partial charge in [-0.1, -0.05) is 29.3 Å². The molecule has 212 valence electrons. The smallest absolute Gasteiger partial charge is 0.416 e. The molecule has 0 aliphatic rings. The van der Waals surface area contributed by atoms with E-state index in [0.29, 0.717) is 9.59 Å². The standard InChI is InChI=1S/C24H20Cl2F4N6O4/c1-12(40-13(2)37)21-31-19(32-36(21)20-16(26)4-3-5-17(20)27)11-35-23(39)34(10-18(38)24(28,29)30)22(33-35)14-6-8-15(25)9-7-14/h3-9,12,18,38H,10-11H2,1-2H3.